The maximum Gasteiger partial charge on any atom is 0.251 e. The molecule has 0 unspecified atom stereocenters. The SMILES string of the molecule is C[C@]1(CO)O[C@@H](n2ccc(=O)[nH]c2=S)[C@H](O)[C@@H]1O. The number of H-pyrrole nitrogens is 1. The van der Waals surface area contributed by atoms with Crippen molar-refractivity contribution in [3.05, 3.63) is 27.4 Å². The van der Waals surface area contributed by atoms with Gasteiger partial charge in [0.2, 0.25) is 0 Å². The third kappa shape index (κ3) is 2.02. The number of nitrogens with one attached hydrogen (secondary N) is 1. The first kappa shape index (κ1) is 13.4. The Kier molecular flexibility index (Phi) is 3.39. The van der Waals surface area contributed by atoms with Crippen LogP contribution in [0.5, 0.6) is 0 Å². The molecule has 8 heteroatoms. The first-order valence-electron chi connectivity index (χ1n) is 5.35. The second kappa shape index (κ2) is 4.56. The van der Waals surface area contributed by atoms with Gasteiger partial charge in [-0.1, -0.05) is 0 Å². The van der Waals surface area contributed by atoms with Crippen LogP contribution in [-0.4, -0.2) is 49.3 Å². The summed E-state index contributed by atoms with van der Waals surface area (Å²) in [5.74, 6) is 0. The van der Waals surface area contributed by atoms with E-state index in [1.54, 1.807) is 0 Å². The average Bonchev–Trinajstić information content (AvgIpc) is 2.55. The fraction of sp³-hybridized carbons (Fsp3) is 0.600. The van der Waals surface area contributed by atoms with E-state index >= 15 is 0 Å². The predicted molar refractivity (Wildman–Crippen MR) is 63.5 cm³/mol. The van der Waals surface area contributed by atoms with Gasteiger partial charge in [-0.2, -0.15) is 0 Å². The highest BCUT2D eigenvalue weighted by Crippen LogP contribution is 2.36. The Morgan fingerprint density at radius 1 is 1.61 bits per heavy atom. The lowest BCUT2D eigenvalue weighted by atomic mass is 9.99. The Hall–Kier alpha value is -1.06. The molecule has 1 aliphatic heterocycles. The highest BCUT2D eigenvalue weighted by molar-refractivity contribution is 7.71. The summed E-state index contributed by atoms with van der Waals surface area (Å²) >= 11 is 4.95. The first-order chi connectivity index (χ1) is 8.39. The van der Waals surface area contributed by atoms with Crippen molar-refractivity contribution >= 4 is 12.2 Å². The summed E-state index contributed by atoms with van der Waals surface area (Å²) in [5, 5.41) is 29.0. The number of hydrogen-bond acceptors (Lipinski definition) is 6. The molecule has 0 amide bonds. The van der Waals surface area contributed by atoms with Crippen molar-refractivity contribution in [2.24, 2.45) is 0 Å². The summed E-state index contributed by atoms with van der Waals surface area (Å²) in [5.41, 5.74) is -1.64. The molecule has 0 aliphatic carbocycles. The van der Waals surface area contributed by atoms with E-state index in [2.05, 4.69) is 4.98 Å². The van der Waals surface area contributed by atoms with E-state index in [4.69, 9.17) is 17.0 Å². The van der Waals surface area contributed by atoms with E-state index in [9.17, 15) is 20.1 Å². The molecule has 2 rings (SSSR count). The summed E-state index contributed by atoms with van der Waals surface area (Å²) in [6.45, 7) is 1.04. The number of hydrogen-bond donors (Lipinski definition) is 4. The van der Waals surface area contributed by atoms with Gasteiger partial charge >= 0.3 is 0 Å². The zero-order valence-electron chi connectivity index (χ0n) is 9.61. The van der Waals surface area contributed by atoms with E-state index < -0.39 is 30.6 Å². The Labute approximate surface area is 107 Å². The number of nitrogens with zero attached hydrogens (tertiary/aromatic N) is 1. The van der Waals surface area contributed by atoms with Crippen LogP contribution in [0.1, 0.15) is 13.2 Å². The molecule has 100 valence electrons. The van der Waals surface area contributed by atoms with Crippen LogP contribution >= 0.6 is 12.2 Å². The van der Waals surface area contributed by atoms with Gasteiger partial charge in [-0.25, -0.2) is 0 Å². The highest BCUT2D eigenvalue weighted by atomic mass is 32.1. The third-order valence-electron chi connectivity index (χ3n) is 3.07. The molecule has 0 saturated carbocycles. The molecule has 1 saturated heterocycles. The number of aliphatic hydroxyl groups excluding tert-OH is 3. The molecule has 0 spiro atoms. The second-order valence-corrected chi connectivity index (χ2v) is 4.82. The first-order valence-corrected chi connectivity index (χ1v) is 5.76. The van der Waals surface area contributed by atoms with Crippen LogP contribution < -0.4 is 5.56 Å². The van der Waals surface area contributed by atoms with Gasteiger partial charge in [0.05, 0.1) is 6.61 Å². The van der Waals surface area contributed by atoms with Gasteiger partial charge in [0, 0.05) is 12.3 Å². The molecule has 4 atom stereocenters. The maximum absolute atomic E-state index is 11.1. The van der Waals surface area contributed by atoms with Crippen molar-refractivity contribution in [1.82, 2.24) is 9.55 Å². The molecule has 1 aliphatic rings. The van der Waals surface area contributed by atoms with Crippen LogP contribution in [0.25, 0.3) is 0 Å². The number of aromatic amines is 1. The lowest BCUT2D eigenvalue weighted by Crippen LogP contribution is -2.43. The Morgan fingerprint density at radius 2 is 2.28 bits per heavy atom. The van der Waals surface area contributed by atoms with Crippen molar-refractivity contribution in [1.29, 1.82) is 0 Å². The molecule has 18 heavy (non-hydrogen) atoms. The van der Waals surface area contributed by atoms with Crippen LogP contribution in [0.4, 0.5) is 0 Å². The summed E-state index contributed by atoms with van der Waals surface area (Å²) in [6.07, 6.45) is -2.09. The zero-order chi connectivity index (χ0) is 13.5. The summed E-state index contributed by atoms with van der Waals surface area (Å²) in [4.78, 5) is 13.4. The normalized spacial score (nSPS) is 35.9. The number of rotatable bonds is 2. The monoisotopic (exact) mass is 274 g/mol. The van der Waals surface area contributed by atoms with Gasteiger partial charge in [0.1, 0.15) is 17.8 Å². The fourth-order valence-electron chi connectivity index (χ4n) is 1.91. The van der Waals surface area contributed by atoms with E-state index in [0.717, 1.165) is 0 Å². The van der Waals surface area contributed by atoms with Crippen LogP contribution in [-0.2, 0) is 4.74 Å². The van der Waals surface area contributed by atoms with Crippen molar-refractivity contribution < 1.29 is 20.1 Å². The molecule has 4 N–H and O–H groups in total. The molecule has 1 aromatic heterocycles. The van der Waals surface area contributed by atoms with Gasteiger partial charge in [0.25, 0.3) is 5.56 Å². The molecule has 2 heterocycles. The zero-order valence-corrected chi connectivity index (χ0v) is 10.4. The summed E-state index contributed by atoms with van der Waals surface area (Å²) < 4.78 is 6.85. The molecule has 0 radical (unpaired) electrons. The molecule has 7 nitrogen and oxygen atoms in total. The topological polar surface area (TPSA) is 108 Å². The van der Waals surface area contributed by atoms with Crippen molar-refractivity contribution in [3.8, 4) is 0 Å². The highest BCUT2D eigenvalue weighted by Gasteiger charge is 2.51. The Morgan fingerprint density at radius 3 is 2.78 bits per heavy atom. The average molecular weight is 274 g/mol. The molecule has 1 fully saturated rings. The molecular formula is C10H14N2O5S. The van der Waals surface area contributed by atoms with Crippen LogP contribution in [0, 0.1) is 4.77 Å². The largest absolute Gasteiger partial charge is 0.393 e. The minimum Gasteiger partial charge on any atom is -0.393 e. The van der Waals surface area contributed by atoms with E-state index in [1.807, 2.05) is 0 Å². The smallest absolute Gasteiger partial charge is 0.251 e. The van der Waals surface area contributed by atoms with Crippen LogP contribution in [0.3, 0.4) is 0 Å². The van der Waals surface area contributed by atoms with Gasteiger partial charge in [-0.05, 0) is 19.1 Å². The Balaban J connectivity index is 2.41. The summed E-state index contributed by atoms with van der Waals surface area (Å²) in [6, 6.07) is 1.23. The van der Waals surface area contributed by atoms with E-state index in [0.29, 0.717) is 0 Å². The van der Waals surface area contributed by atoms with Crippen molar-refractivity contribution in [2.45, 2.75) is 31.0 Å². The van der Waals surface area contributed by atoms with Gasteiger partial charge in [-0.15, -0.1) is 0 Å². The van der Waals surface area contributed by atoms with E-state index in [-0.39, 0.29) is 10.3 Å². The quantitative estimate of drug-likeness (QED) is 0.510. The van der Waals surface area contributed by atoms with Gasteiger partial charge in [0.15, 0.2) is 11.0 Å². The molecule has 1 aromatic rings. The van der Waals surface area contributed by atoms with Crippen molar-refractivity contribution in [3.63, 3.8) is 0 Å². The number of ether oxygens (including phenoxy) is 1. The van der Waals surface area contributed by atoms with Gasteiger partial charge < -0.3 is 20.1 Å². The fourth-order valence-corrected chi connectivity index (χ4v) is 2.18. The molecule has 0 bridgehead atoms. The molecular weight excluding hydrogens is 260 g/mol. The lowest BCUT2D eigenvalue weighted by molar-refractivity contribution is -0.117. The second-order valence-electron chi connectivity index (χ2n) is 4.43. The standard InChI is InChI=1S/C10H14N2O5S/c1-10(4-13)7(16)6(15)8(17-10)12-3-2-5(14)11-9(12)18/h2-3,6-8,13,15-16H,4H2,1H3,(H,11,14,18)/t6-,7+,8-,10-/m1/s1. The number of aliphatic hydroxyl groups is 3. The van der Waals surface area contributed by atoms with Gasteiger partial charge in [-0.3, -0.25) is 14.3 Å². The lowest BCUT2D eigenvalue weighted by Gasteiger charge is -2.24. The Bertz CT molecular complexity index is 556. The third-order valence-corrected chi connectivity index (χ3v) is 3.38. The molecule has 0 aromatic carbocycles. The van der Waals surface area contributed by atoms with Crippen LogP contribution in [0.15, 0.2) is 17.1 Å². The maximum atomic E-state index is 11.1. The van der Waals surface area contributed by atoms with E-state index in [1.165, 1.54) is 23.8 Å². The summed E-state index contributed by atoms with van der Waals surface area (Å²) in [7, 11) is 0. The minimum absolute atomic E-state index is 0.0703. The van der Waals surface area contributed by atoms with Crippen molar-refractivity contribution in [2.75, 3.05) is 6.61 Å². The van der Waals surface area contributed by atoms with Crippen LogP contribution in [0.2, 0.25) is 0 Å². The number of aromatic nitrogens is 2. The minimum atomic E-state index is -1.27. The predicted octanol–water partition coefficient (Wildman–Crippen LogP) is -1.09.